The summed E-state index contributed by atoms with van der Waals surface area (Å²) in [7, 11) is 0. The molecule has 2 N–H and O–H groups in total. The van der Waals surface area contributed by atoms with E-state index in [1.807, 2.05) is 25.1 Å². The average molecular weight is 477 g/mol. The number of fused-ring (bicyclic) bond motifs is 1. The number of carbonyl (C=O) groups is 2. The largest absolute Gasteiger partial charge is 0.466 e. The fourth-order valence-corrected chi connectivity index (χ4v) is 5.86. The first-order valence-electron chi connectivity index (χ1n) is 13.3. The number of nitrogens with zero attached hydrogens (tertiary/aromatic N) is 1. The van der Waals surface area contributed by atoms with Crippen molar-refractivity contribution >= 4 is 17.6 Å². The molecule has 0 radical (unpaired) electrons. The molecule has 4 rings (SSSR count). The molecule has 2 aromatic rings. The van der Waals surface area contributed by atoms with Crippen molar-refractivity contribution in [3.63, 3.8) is 0 Å². The SMILES string of the molecule is CCOC(=O)[C@@H](CCC1CCCCC1)[C@]1(N)CCc2ccccc2N(Cc2ccc(C)cc2)C1=O. The molecule has 1 fully saturated rings. The van der Waals surface area contributed by atoms with Gasteiger partial charge in [0.2, 0.25) is 5.91 Å². The van der Waals surface area contributed by atoms with Crippen molar-refractivity contribution in [2.75, 3.05) is 11.5 Å². The predicted octanol–water partition coefficient (Wildman–Crippen LogP) is 5.71. The van der Waals surface area contributed by atoms with E-state index in [0.29, 0.717) is 31.7 Å². The normalized spacial score (nSPS) is 21.8. The summed E-state index contributed by atoms with van der Waals surface area (Å²) in [5, 5.41) is 0. The lowest BCUT2D eigenvalue weighted by Gasteiger charge is -2.38. The van der Waals surface area contributed by atoms with Crippen molar-refractivity contribution in [2.45, 2.75) is 83.7 Å². The summed E-state index contributed by atoms with van der Waals surface area (Å²) in [5.74, 6) is -0.553. The Hall–Kier alpha value is -2.66. The first-order valence-corrected chi connectivity index (χ1v) is 13.3. The molecule has 35 heavy (non-hydrogen) atoms. The summed E-state index contributed by atoms with van der Waals surface area (Å²) in [4.78, 5) is 29.4. The molecule has 1 aliphatic heterocycles. The van der Waals surface area contributed by atoms with Crippen LogP contribution in [-0.4, -0.2) is 24.0 Å². The number of nitrogens with two attached hydrogens (primary N) is 1. The van der Waals surface area contributed by atoms with E-state index in [9.17, 15) is 9.59 Å². The molecular formula is C30H40N2O3. The van der Waals surface area contributed by atoms with Gasteiger partial charge in [0.1, 0.15) is 5.54 Å². The first kappa shape index (κ1) is 25.4. The van der Waals surface area contributed by atoms with E-state index in [2.05, 4.69) is 37.3 Å². The fourth-order valence-electron chi connectivity index (χ4n) is 5.86. The van der Waals surface area contributed by atoms with Crippen LogP contribution in [0.25, 0.3) is 0 Å². The zero-order chi connectivity index (χ0) is 24.8. The van der Waals surface area contributed by atoms with E-state index in [1.54, 1.807) is 4.90 Å². The standard InChI is InChI=1S/C30H40N2O3/c1-3-35-28(33)26(18-17-23-9-5-4-6-10-23)30(31)20-19-25-11-7-8-12-27(25)32(29(30)34)21-24-15-13-22(2)14-16-24/h7-8,11-16,23,26H,3-6,9-10,17-21,31H2,1-2H3/t26-,30-/m1/s1. The molecule has 0 spiro atoms. The number of ether oxygens (including phenoxy) is 1. The molecule has 5 heteroatoms. The third-order valence-electron chi connectivity index (χ3n) is 7.98. The van der Waals surface area contributed by atoms with Gasteiger partial charge < -0.3 is 15.4 Å². The van der Waals surface area contributed by atoms with E-state index in [1.165, 1.54) is 37.7 Å². The maximum Gasteiger partial charge on any atom is 0.311 e. The highest BCUT2D eigenvalue weighted by molar-refractivity contribution is 6.04. The van der Waals surface area contributed by atoms with Crippen molar-refractivity contribution in [1.82, 2.24) is 0 Å². The van der Waals surface area contributed by atoms with Gasteiger partial charge in [-0.1, -0.05) is 80.1 Å². The molecule has 0 unspecified atom stereocenters. The Bertz CT molecular complexity index is 1010. The Balaban J connectivity index is 1.66. The van der Waals surface area contributed by atoms with Gasteiger partial charge >= 0.3 is 5.97 Å². The molecule has 5 nitrogen and oxygen atoms in total. The minimum Gasteiger partial charge on any atom is -0.466 e. The monoisotopic (exact) mass is 476 g/mol. The van der Waals surface area contributed by atoms with Crippen molar-refractivity contribution in [3.8, 4) is 0 Å². The van der Waals surface area contributed by atoms with Gasteiger partial charge in [0.05, 0.1) is 19.1 Å². The van der Waals surface area contributed by atoms with Crippen molar-refractivity contribution in [3.05, 3.63) is 65.2 Å². The van der Waals surface area contributed by atoms with E-state index in [0.717, 1.165) is 23.2 Å². The van der Waals surface area contributed by atoms with Crippen molar-refractivity contribution in [1.29, 1.82) is 0 Å². The number of rotatable bonds is 8. The van der Waals surface area contributed by atoms with Crippen molar-refractivity contribution in [2.24, 2.45) is 17.6 Å². The van der Waals surface area contributed by atoms with Crippen LogP contribution in [0.3, 0.4) is 0 Å². The molecule has 1 aliphatic carbocycles. The number of esters is 1. The van der Waals surface area contributed by atoms with Crippen LogP contribution in [-0.2, 0) is 27.3 Å². The number of carbonyl (C=O) groups excluding carboxylic acids is 2. The zero-order valence-corrected chi connectivity index (χ0v) is 21.3. The van der Waals surface area contributed by atoms with E-state index < -0.39 is 11.5 Å². The predicted molar refractivity (Wildman–Crippen MR) is 140 cm³/mol. The number of amides is 1. The zero-order valence-electron chi connectivity index (χ0n) is 21.3. The van der Waals surface area contributed by atoms with Crippen LogP contribution >= 0.6 is 0 Å². The number of hydrogen-bond donors (Lipinski definition) is 1. The smallest absolute Gasteiger partial charge is 0.311 e. The molecule has 188 valence electrons. The molecule has 0 bridgehead atoms. The second kappa shape index (κ2) is 11.4. The topological polar surface area (TPSA) is 72.6 Å². The summed E-state index contributed by atoms with van der Waals surface area (Å²) in [6.45, 7) is 4.58. The second-order valence-corrected chi connectivity index (χ2v) is 10.4. The van der Waals surface area contributed by atoms with Crippen LogP contribution in [0.2, 0.25) is 0 Å². The molecule has 1 saturated carbocycles. The van der Waals surface area contributed by atoms with Gasteiger partial charge in [-0.05, 0) is 62.6 Å². The highest BCUT2D eigenvalue weighted by Gasteiger charge is 2.50. The van der Waals surface area contributed by atoms with Crippen LogP contribution in [0.1, 0.15) is 75.0 Å². The van der Waals surface area contributed by atoms with Crippen LogP contribution in [0.15, 0.2) is 48.5 Å². The first-order chi connectivity index (χ1) is 16.9. The third-order valence-corrected chi connectivity index (χ3v) is 7.98. The number of anilines is 1. The quantitative estimate of drug-likeness (QED) is 0.495. The molecule has 0 aromatic heterocycles. The lowest BCUT2D eigenvalue weighted by Crippen LogP contribution is -2.61. The third kappa shape index (κ3) is 5.78. The molecule has 2 aromatic carbocycles. The van der Waals surface area contributed by atoms with Crippen LogP contribution in [0.4, 0.5) is 5.69 Å². The average Bonchev–Trinajstić information content (AvgIpc) is 2.97. The minimum atomic E-state index is -1.30. The Morgan fingerprint density at radius 2 is 1.83 bits per heavy atom. The fraction of sp³-hybridized carbons (Fsp3) is 0.533. The number of hydrogen-bond acceptors (Lipinski definition) is 4. The van der Waals surface area contributed by atoms with E-state index in [4.69, 9.17) is 10.5 Å². The molecule has 2 atom stereocenters. The van der Waals surface area contributed by atoms with Crippen LogP contribution in [0.5, 0.6) is 0 Å². The lowest BCUT2D eigenvalue weighted by atomic mass is 9.74. The number of aryl methyl sites for hydroxylation is 2. The Morgan fingerprint density at radius 3 is 2.54 bits per heavy atom. The molecule has 0 saturated heterocycles. The van der Waals surface area contributed by atoms with Gasteiger partial charge in [-0.15, -0.1) is 0 Å². The maximum atomic E-state index is 14.3. The molecule has 2 aliphatic rings. The Labute approximate surface area is 210 Å². The van der Waals surface area contributed by atoms with Gasteiger partial charge in [0.15, 0.2) is 0 Å². The lowest BCUT2D eigenvalue weighted by molar-refractivity contribution is -0.154. The maximum absolute atomic E-state index is 14.3. The molecular weight excluding hydrogens is 436 g/mol. The summed E-state index contributed by atoms with van der Waals surface area (Å²) in [6.07, 6.45) is 8.80. The minimum absolute atomic E-state index is 0.176. The Morgan fingerprint density at radius 1 is 1.11 bits per heavy atom. The number of benzene rings is 2. The molecule has 1 amide bonds. The van der Waals surface area contributed by atoms with Crippen molar-refractivity contribution < 1.29 is 14.3 Å². The van der Waals surface area contributed by atoms with Gasteiger partial charge in [0, 0.05) is 5.69 Å². The van der Waals surface area contributed by atoms with Gasteiger partial charge in [0.25, 0.3) is 0 Å². The van der Waals surface area contributed by atoms with Crippen LogP contribution < -0.4 is 10.6 Å². The van der Waals surface area contributed by atoms with Gasteiger partial charge in [-0.2, -0.15) is 0 Å². The highest BCUT2D eigenvalue weighted by atomic mass is 16.5. The van der Waals surface area contributed by atoms with Crippen LogP contribution in [0, 0.1) is 18.8 Å². The summed E-state index contributed by atoms with van der Waals surface area (Å²) in [6, 6.07) is 16.3. The number of para-hydroxylation sites is 1. The molecule has 1 heterocycles. The highest BCUT2D eigenvalue weighted by Crippen LogP contribution is 2.38. The second-order valence-electron chi connectivity index (χ2n) is 10.4. The summed E-state index contributed by atoms with van der Waals surface area (Å²) >= 11 is 0. The Kier molecular flexibility index (Phi) is 8.27. The van der Waals surface area contributed by atoms with E-state index >= 15 is 0 Å². The summed E-state index contributed by atoms with van der Waals surface area (Å²) < 4.78 is 5.51. The van der Waals surface area contributed by atoms with Gasteiger partial charge in [-0.3, -0.25) is 9.59 Å². The summed E-state index contributed by atoms with van der Waals surface area (Å²) in [5.41, 5.74) is 9.95. The van der Waals surface area contributed by atoms with Gasteiger partial charge in [-0.25, -0.2) is 0 Å². The van der Waals surface area contributed by atoms with E-state index in [-0.39, 0.29) is 18.5 Å².